The van der Waals surface area contributed by atoms with E-state index in [-0.39, 0.29) is 24.2 Å². The molecule has 1 aliphatic heterocycles. The number of anilines is 1. The fourth-order valence-corrected chi connectivity index (χ4v) is 4.75. The van der Waals surface area contributed by atoms with Crippen LogP contribution in [0.15, 0.2) is 54.6 Å². The second-order valence-electron chi connectivity index (χ2n) is 10.7. The molecule has 0 bridgehead atoms. The number of nitrogens with two attached hydrogens (primary N) is 1. The van der Waals surface area contributed by atoms with Crippen molar-refractivity contribution in [3.63, 3.8) is 0 Å². The van der Waals surface area contributed by atoms with Gasteiger partial charge in [-0.25, -0.2) is 0 Å². The number of amides is 2. The first-order chi connectivity index (χ1) is 17.3. The summed E-state index contributed by atoms with van der Waals surface area (Å²) < 4.78 is 5.98. The maximum absolute atomic E-state index is 12.6. The Bertz CT molecular complexity index is 938. The molecule has 3 rings (SSSR count). The lowest BCUT2D eigenvalue weighted by Gasteiger charge is -2.36. The van der Waals surface area contributed by atoms with Crippen LogP contribution in [0.5, 0.6) is 5.75 Å². The predicted octanol–water partition coefficient (Wildman–Crippen LogP) is 5.26. The zero-order valence-electron chi connectivity index (χ0n) is 22.2. The van der Waals surface area contributed by atoms with Crippen LogP contribution in [0.2, 0.25) is 0 Å². The summed E-state index contributed by atoms with van der Waals surface area (Å²) in [5, 5.41) is 0. The SMILES string of the molecule is CC(C)CCN(CC1CCN(C(=O)CC(C)CC(N)=O)CC1)c1ccc(OCc2ccccc2)cc1. The molecule has 36 heavy (non-hydrogen) atoms. The lowest BCUT2D eigenvalue weighted by Crippen LogP contribution is -2.42. The van der Waals surface area contributed by atoms with E-state index in [9.17, 15) is 9.59 Å². The highest BCUT2D eigenvalue weighted by molar-refractivity contribution is 5.78. The van der Waals surface area contributed by atoms with Crippen LogP contribution in [0, 0.1) is 17.8 Å². The van der Waals surface area contributed by atoms with Gasteiger partial charge >= 0.3 is 0 Å². The maximum Gasteiger partial charge on any atom is 0.222 e. The van der Waals surface area contributed by atoms with Crippen molar-refractivity contribution in [3.05, 3.63) is 60.2 Å². The molecule has 1 atom stereocenters. The summed E-state index contributed by atoms with van der Waals surface area (Å²) in [5.74, 6) is 1.88. The minimum Gasteiger partial charge on any atom is -0.489 e. The zero-order valence-corrected chi connectivity index (χ0v) is 22.2. The molecular formula is C30H43N3O3. The molecule has 2 aromatic rings. The highest BCUT2D eigenvalue weighted by Crippen LogP contribution is 2.26. The first-order valence-corrected chi connectivity index (χ1v) is 13.4. The number of ether oxygens (including phenoxy) is 1. The van der Waals surface area contributed by atoms with Crippen LogP contribution in [-0.2, 0) is 16.2 Å². The second-order valence-corrected chi connectivity index (χ2v) is 10.7. The van der Waals surface area contributed by atoms with Gasteiger partial charge in [0.1, 0.15) is 12.4 Å². The molecule has 2 amide bonds. The van der Waals surface area contributed by atoms with E-state index in [1.54, 1.807) is 0 Å². The highest BCUT2D eigenvalue weighted by atomic mass is 16.5. The third kappa shape index (κ3) is 9.21. The van der Waals surface area contributed by atoms with Gasteiger partial charge in [0.25, 0.3) is 0 Å². The summed E-state index contributed by atoms with van der Waals surface area (Å²) in [4.78, 5) is 28.2. The second kappa shape index (κ2) is 13.9. The van der Waals surface area contributed by atoms with Crippen LogP contribution < -0.4 is 15.4 Å². The van der Waals surface area contributed by atoms with Crippen LogP contribution in [0.4, 0.5) is 5.69 Å². The van der Waals surface area contributed by atoms with Crippen LogP contribution >= 0.6 is 0 Å². The molecule has 0 spiro atoms. The van der Waals surface area contributed by atoms with Crippen molar-refractivity contribution < 1.29 is 14.3 Å². The molecule has 2 N–H and O–H groups in total. The molecule has 6 nitrogen and oxygen atoms in total. The smallest absolute Gasteiger partial charge is 0.222 e. The van der Waals surface area contributed by atoms with Crippen molar-refractivity contribution in [1.82, 2.24) is 4.90 Å². The van der Waals surface area contributed by atoms with E-state index in [1.807, 2.05) is 30.0 Å². The molecule has 0 aliphatic carbocycles. The Balaban J connectivity index is 1.53. The first-order valence-electron chi connectivity index (χ1n) is 13.4. The molecule has 1 saturated heterocycles. The van der Waals surface area contributed by atoms with E-state index >= 15 is 0 Å². The van der Waals surface area contributed by atoms with Crippen molar-refractivity contribution in [1.29, 1.82) is 0 Å². The average molecular weight is 494 g/mol. The number of hydrogen-bond donors (Lipinski definition) is 1. The quantitative estimate of drug-likeness (QED) is 0.413. The van der Waals surface area contributed by atoms with Gasteiger partial charge < -0.3 is 20.3 Å². The van der Waals surface area contributed by atoms with Gasteiger partial charge in [0.2, 0.25) is 11.8 Å². The molecule has 196 valence electrons. The van der Waals surface area contributed by atoms with Gasteiger partial charge in [-0.05, 0) is 66.8 Å². The minimum absolute atomic E-state index is 0.00103. The molecule has 2 aromatic carbocycles. The monoisotopic (exact) mass is 493 g/mol. The van der Waals surface area contributed by atoms with Gasteiger partial charge in [-0.3, -0.25) is 9.59 Å². The Morgan fingerprint density at radius 3 is 2.28 bits per heavy atom. The molecule has 0 aromatic heterocycles. The number of piperidine rings is 1. The largest absolute Gasteiger partial charge is 0.489 e. The lowest BCUT2D eigenvalue weighted by atomic mass is 9.94. The number of likely N-dealkylation sites (tertiary alicyclic amines) is 1. The van der Waals surface area contributed by atoms with Crippen LogP contribution in [0.25, 0.3) is 0 Å². The van der Waals surface area contributed by atoms with Gasteiger partial charge in [0.15, 0.2) is 0 Å². The number of rotatable bonds is 13. The van der Waals surface area contributed by atoms with Crippen molar-refractivity contribution in [2.75, 3.05) is 31.1 Å². The Morgan fingerprint density at radius 1 is 1.00 bits per heavy atom. The van der Waals surface area contributed by atoms with Crippen LogP contribution in [-0.4, -0.2) is 42.9 Å². The van der Waals surface area contributed by atoms with Gasteiger partial charge in [0.05, 0.1) is 0 Å². The van der Waals surface area contributed by atoms with Crippen LogP contribution in [0.3, 0.4) is 0 Å². The Hall–Kier alpha value is -3.02. The average Bonchev–Trinajstić information content (AvgIpc) is 2.86. The molecule has 1 fully saturated rings. The third-order valence-electron chi connectivity index (χ3n) is 6.95. The summed E-state index contributed by atoms with van der Waals surface area (Å²) in [6, 6.07) is 18.7. The van der Waals surface area contributed by atoms with Gasteiger partial charge in [-0.2, -0.15) is 0 Å². The van der Waals surface area contributed by atoms with Crippen molar-refractivity contribution in [3.8, 4) is 5.75 Å². The molecule has 1 heterocycles. The number of carbonyl (C=O) groups excluding carboxylic acids is 2. The maximum atomic E-state index is 12.6. The van der Waals surface area contributed by atoms with E-state index < -0.39 is 0 Å². The van der Waals surface area contributed by atoms with Gasteiger partial charge in [0, 0.05) is 44.7 Å². The van der Waals surface area contributed by atoms with Crippen molar-refractivity contribution in [2.24, 2.45) is 23.5 Å². The zero-order chi connectivity index (χ0) is 25.9. The fourth-order valence-electron chi connectivity index (χ4n) is 4.75. The number of benzene rings is 2. The van der Waals surface area contributed by atoms with E-state index in [0.29, 0.717) is 24.9 Å². The normalized spacial score (nSPS) is 15.1. The predicted molar refractivity (Wildman–Crippen MR) is 146 cm³/mol. The molecule has 0 radical (unpaired) electrons. The molecule has 6 heteroatoms. The van der Waals surface area contributed by atoms with E-state index in [1.165, 1.54) is 5.69 Å². The Kier molecular flexibility index (Phi) is 10.6. The molecule has 1 unspecified atom stereocenters. The standard InChI is InChI=1S/C30H43N3O3/c1-23(2)13-16-33(27-9-11-28(12-10-27)36-22-26-7-5-4-6-8-26)21-25-14-17-32(18-15-25)30(35)20-24(3)19-29(31)34/h4-12,23-25H,13-22H2,1-3H3,(H2,31,34). The summed E-state index contributed by atoms with van der Waals surface area (Å²) >= 11 is 0. The number of hydrogen-bond acceptors (Lipinski definition) is 4. The number of carbonyl (C=O) groups is 2. The Labute approximate surface area is 216 Å². The third-order valence-corrected chi connectivity index (χ3v) is 6.95. The highest BCUT2D eigenvalue weighted by Gasteiger charge is 2.25. The lowest BCUT2D eigenvalue weighted by molar-refractivity contribution is -0.133. The summed E-state index contributed by atoms with van der Waals surface area (Å²) in [5.41, 5.74) is 7.66. The van der Waals surface area contributed by atoms with Crippen LogP contribution in [0.1, 0.15) is 58.4 Å². The number of primary amides is 1. The summed E-state index contributed by atoms with van der Waals surface area (Å²) in [7, 11) is 0. The summed E-state index contributed by atoms with van der Waals surface area (Å²) in [6.07, 6.45) is 3.82. The van der Waals surface area contributed by atoms with E-state index in [2.05, 4.69) is 55.1 Å². The van der Waals surface area contributed by atoms with Gasteiger partial charge in [-0.15, -0.1) is 0 Å². The van der Waals surface area contributed by atoms with Crippen molar-refractivity contribution >= 4 is 17.5 Å². The molecule has 0 saturated carbocycles. The van der Waals surface area contributed by atoms with E-state index in [0.717, 1.165) is 56.8 Å². The number of nitrogens with zero attached hydrogens (tertiary/aromatic N) is 2. The topological polar surface area (TPSA) is 75.9 Å². The molecule has 1 aliphatic rings. The minimum atomic E-state index is -0.341. The fraction of sp³-hybridized carbons (Fsp3) is 0.533. The first kappa shape index (κ1) is 27.6. The molecular weight excluding hydrogens is 450 g/mol. The van der Waals surface area contributed by atoms with Gasteiger partial charge in [-0.1, -0.05) is 51.1 Å². The Morgan fingerprint density at radius 2 is 1.67 bits per heavy atom. The summed E-state index contributed by atoms with van der Waals surface area (Å²) in [6.45, 7) is 10.6. The van der Waals surface area contributed by atoms with E-state index in [4.69, 9.17) is 10.5 Å². The van der Waals surface area contributed by atoms with Crippen molar-refractivity contribution in [2.45, 2.75) is 59.5 Å².